The molecular formula is C19H30ClN3O2. The number of nitrogens with two attached hydrogens (primary N) is 1. The minimum absolute atomic E-state index is 0.0480. The Labute approximate surface area is 155 Å². The van der Waals surface area contributed by atoms with E-state index in [0.717, 1.165) is 32.1 Å². The molecule has 0 aliphatic carbocycles. The summed E-state index contributed by atoms with van der Waals surface area (Å²) in [5.41, 5.74) is 6.15. The second-order valence-corrected chi connectivity index (χ2v) is 7.29. The zero-order chi connectivity index (χ0) is 18.9. The van der Waals surface area contributed by atoms with Crippen LogP contribution in [0.25, 0.3) is 0 Å². The molecule has 0 saturated carbocycles. The lowest BCUT2D eigenvalue weighted by Gasteiger charge is -2.24. The van der Waals surface area contributed by atoms with E-state index in [4.69, 9.17) is 17.3 Å². The van der Waals surface area contributed by atoms with Crippen LogP contribution in [-0.2, 0) is 4.79 Å². The van der Waals surface area contributed by atoms with Crippen molar-refractivity contribution >= 4 is 29.1 Å². The van der Waals surface area contributed by atoms with Gasteiger partial charge in [-0.05, 0) is 57.9 Å². The summed E-state index contributed by atoms with van der Waals surface area (Å²) < 4.78 is 0. The smallest absolute Gasteiger partial charge is 0.253 e. The molecule has 0 aromatic heterocycles. The third-order valence-corrected chi connectivity index (χ3v) is 4.50. The summed E-state index contributed by atoms with van der Waals surface area (Å²) in [5.74, 6) is -0.261. The fourth-order valence-electron chi connectivity index (χ4n) is 2.25. The van der Waals surface area contributed by atoms with Crippen molar-refractivity contribution in [2.75, 3.05) is 11.9 Å². The molecule has 0 fully saturated rings. The Hall–Kier alpha value is -1.59. The van der Waals surface area contributed by atoms with E-state index in [1.54, 1.807) is 18.2 Å². The molecule has 1 aromatic rings. The number of anilines is 1. The molecule has 0 aliphatic rings. The summed E-state index contributed by atoms with van der Waals surface area (Å²) in [5, 5.41) is 6.09. The van der Waals surface area contributed by atoms with Gasteiger partial charge in [0.15, 0.2) is 0 Å². The summed E-state index contributed by atoms with van der Waals surface area (Å²) in [6.45, 7) is 6.62. The maximum atomic E-state index is 12.3. The number of halogens is 1. The fourth-order valence-corrected chi connectivity index (χ4v) is 2.51. The summed E-state index contributed by atoms with van der Waals surface area (Å²) >= 11 is 6.22. The van der Waals surface area contributed by atoms with Crippen LogP contribution in [0.4, 0.5) is 5.69 Å². The normalized spacial score (nSPS) is 11.2. The first-order valence-electron chi connectivity index (χ1n) is 8.91. The molecule has 1 aromatic carbocycles. The van der Waals surface area contributed by atoms with Gasteiger partial charge in [0.05, 0.1) is 10.6 Å². The highest BCUT2D eigenvalue weighted by molar-refractivity contribution is 6.34. The monoisotopic (exact) mass is 367 g/mol. The van der Waals surface area contributed by atoms with E-state index >= 15 is 0 Å². The highest BCUT2D eigenvalue weighted by atomic mass is 35.5. The number of carbonyl (C=O) groups is 2. The van der Waals surface area contributed by atoms with Gasteiger partial charge >= 0.3 is 0 Å². The third-order valence-electron chi connectivity index (χ3n) is 4.19. The number of nitrogens with one attached hydrogen (secondary N) is 2. The molecule has 0 heterocycles. The van der Waals surface area contributed by atoms with Crippen LogP contribution in [0.2, 0.25) is 5.02 Å². The Morgan fingerprint density at radius 2 is 1.84 bits per heavy atom. The first kappa shape index (κ1) is 21.5. The van der Waals surface area contributed by atoms with Gasteiger partial charge in [-0.2, -0.15) is 0 Å². The van der Waals surface area contributed by atoms with Gasteiger partial charge in [0, 0.05) is 17.6 Å². The number of rotatable bonds is 10. The molecule has 2 amide bonds. The van der Waals surface area contributed by atoms with E-state index in [2.05, 4.69) is 10.6 Å². The standard InChI is InChI=1S/C19H30ClN3O2/c1-4-19(2,3)23-18(25)15-11-10-14(13-16(15)20)22-17(24)9-7-5-6-8-12-21/h10-11,13H,4-9,12,21H2,1-3H3,(H,22,24)(H,23,25). The van der Waals surface area contributed by atoms with Gasteiger partial charge in [0.25, 0.3) is 5.91 Å². The molecule has 0 saturated heterocycles. The Bertz CT molecular complexity index is 588. The van der Waals surface area contributed by atoms with E-state index in [1.807, 2.05) is 20.8 Å². The second-order valence-electron chi connectivity index (χ2n) is 6.89. The Balaban J connectivity index is 2.57. The molecule has 25 heavy (non-hydrogen) atoms. The van der Waals surface area contributed by atoms with Gasteiger partial charge in [-0.15, -0.1) is 0 Å². The van der Waals surface area contributed by atoms with Crippen molar-refractivity contribution in [3.05, 3.63) is 28.8 Å². The van der Waals surface area contributed by atoms with Gasteiger partial charge in [-0.1, -0.05) is 31.4 Å². The molecule has 0 unspecified atom stereocenters. The molecule has 1 rings (SSSR count). The number of benzene rings is 1. The highest BCUT2D eigenvalue weighted by Gasteiger charge is 2.20. The summed E-state index contributed by atoms with van der Waals surface area (Å²) in [7, 11) is 0. The Kier molecular flexibility index (Phi) is 8.93. The maximum absolute atomic E-state index is 12.3. The molecular weight excluding hydrogens is 338 g/mol. The predicted octanol–water partition coefficient (Wildman–Crippen LogP) is 4.11. The van der Waals surface area contributed by atoms with E-state index in [-0.39, 0.29) is 17.4 Å². The van der Waals surface area contributed by atoms with Crippen molar-refractivity contribution in [1.82, 2.24) is 5.32 Å². The number of carbonyl (C=O) groups excluding carboxylic acids is 2. The molecule has 0 radical (unpaired) electrons. The van der Waals surface area contributed by atoms with Crippen LogP contribution in [0.3, 0.4) is 0 Å². The number of amides is 2. The van der Waals surface area contributed by atoms with Crippen molar-refractivity contribution in [3.8, 4) is 0 Å². The van der Waals surface area contributed by atoms with E-state index in [0.29, 0.717) is 29.2 Å². The molecule has 5 nitrogen and oxygen atoms in total. The van der Waals surface area contributed by atoms with Crippen molar-refractivity contribution in [1.29, 1.82) is 0 Å². The summed E-state index contributed by atoms with van der Waals surface area (Å²) in [6, 6.07) is 4.95. The minimum Gasteiger partial charge on any atom is -0.347 e. The first-order chi connectivity index (χ1) is 11.8. The van der Waals surface area contributed by atoms with E-state index in [1.165, 1.54) is 0 Å². The van der Waals surface area contributed by atoms with E-state index in [9.17, 15) is 9.59 Å². The zero-order valence-corrected chi connectivity index (χ0v) is 16.2. The van der Waals surface area contributed by atoms with Crippen LogP contribution < -0.4 is 16.4 Å². The quantitative estimate of drug-likeness (QED) is 0.544. The first-order valence-corrected chi connectivity index (χ1v) is 9.29. The van der Waals surface area contributed by atoms with Crippen molar-refractivity contribution in [3.63, 3.8) is 0 Å². The lowest BCUT2D eigenvalue weighted by atomic mass is 10.0. The van der Waals surface area contributed by atoms with Crippen LogP contribution in [0.1, 0.15) is 69.7 Å². The number of hydrogen-bond acceptors (Lipinski definition) is 3. The fraction of sp³-hybridized carbons (Fsp3) is 0.579. The molecule has 0 aliphatic heterocycles. The van der Waals surface area contributed by atoms with Crippen LogP contribution in [-0.4, -0.2) is 23.9 Å². The molecule has 0 atom stereocenters. The predicted molar refractivity (Wildman–Crippen MR) is 104 cm³/mol. The van der Waals surface area contributed by atoms with Crippen molar-refractivity contribution in [2.24, 2.45) is 5.73 Å². The van der Waals surface area contributed by atoms with Gasteiger partial charge in [0.1, 0.15) is 0 Å². The van der Waals surface area contributed by atoms with Gasteiger partial charge in [-0.25, -0.2) is 0 Å². The topological polar surface area (TPSA) is 84.2 Å². The average Bonchev–Trinajstić information content (AvgIpc) is 2.54. The second kappa shape index (κ2) is 10.4. The summed E-state index contributed by atoms with van der Waals surface area (Å²) in [6.07, 6.45) is 5.16. The SMILES string of the molecule is CCC(C)(C)NC(=O)c1ccc(NC(=O)CCCCCCN)cc1Cl. The van der Waals surface area contributed by atoms with Gasteiger partial charge < -0.3 is 16.4 Å². The third kappa shape index (κ3) is 7.88. The van der Waals surface area contributed by atoms with Gasteiger partial charge in [0.2, 0.25) is 5.91 Å². The van der Waals surface area contributed by atoms with Crippen LogP contribution in [0.15, 0.2) is 18.2 Å². The Morgan fingerprint density at radius 3 is 2.44 bits per heavy atom. The van der Waals surface area contributed by atoms with Crippen molar-refractivity contribution in [2.45, 2.75) is 64.8 Å². The van der Waals surface area contributed by atoms with E-state index < -0.39 is 0 Å². The molecule has 0 bridgehead atoms. The number of unbranched alkanes of at least 4 members (excludes halogenated alkanes) is 3. The Morgan fingerprint density at radius 1 is 1.16 bits per heavy atom. The number of hydrogen-bond donors (Lipinski definition) is 3. The molecule has 4 N–H and O–H groups in total. The van der Waals surface area contributed by atoms with Crippen LogP contribution in [0, 0.1) is 0 Å². The van der Waals surface area contributed by atoms with Crippen LogP contribution >= 0.6 is 11.6 Å². The molecule has 140 valence electrons. The van der Waals surface area contributed by atoms with Crippen LogP contribution in [0.5, 0.6) is 0 Å². The lowest BCUT2D eigenvalue weighted by molar-refractivity contribution is -0.116. The molecule has 0 spiro atoms. The zero-order valence-electron chi connectivity index (χ0n) is 15.5. The average molecular weight is 368 g/mol. The highest BCUT2D eigenvalue weighted by Crippen LogP contribution is 2.22. The summed E-state index contributed by atoms with van der Waals surface area (Å²) in [4.78, 5) is 24.3. The maximum Gasteiger partial charge on any atom is 0.253 e. The largest absolute Gasteiger partial charge is 0.347 e. The minimum atomic E-state index is -0.294. The molecule has 6 heteroatoms. The van der Waals surface area contributed by atoms with Gasteiger partial charge in [-0.3, -0.25) is 9.59 Å². The van der Waals surface area contributed by atoms with Crippen molar-refractivity contribution < 1.29 is 9.59 Å². The lowest BCUT2D eigenvalue weighted by Crippen LogP contribution is -2.42.